The van der Waals surface area contributed by atoms with Gasteiger partial charge in [0, 0.05) is 35.3 Å². The minimum Gasteiger partial charge on any atom is -0.478 e. The number of aromatic nitrogens is 4. The number of carbonyl (C=O) groups is 2. The van der Waals surface area contributed by atoms with E-state index in [1.165, 1.54) is 6.07 Å². The first kappa shape index (κ1) is 22.9. The van der Waals surface area contributed by atoms with Crippen LogP contribution in [0.1, 0.15) is 57.4 Å². The Morgan fingerprint density at radius 1 is 1.17 bits per heavy atom. The molecule has 0 aliphatic carbocycles. The van der Waals surface area contributed by atoms with E-state index in [0.29, 0.717) is 34.9 Å². The van der Waals surface area contributed by atoms with Crippen molar-refractivity contribution < 1.29 is 14.7 Å². The monoisotopic (exact) mass is 478 g/mol. The van der Waals surface area contributed by atoms with Gasteiger partial charge in [-0.05, 0) is 50.6 Å². The number of fused-ring (bicyclic) bond motifs is 1. The summed E-state index contributed by atoms with van der Waals surface area (Å²) >= 11 is 0. The molecule has 0 bridgehead atoms. The van der Waals surface area contributed by atoms with Crippen LogP contribution < -0.4 is 4.90 Å². The number of nitriles is 1. The van der Waals surface area contributed by atoms with Gasteiger partial charge in [0.1, 0.15) is 17.6 Å². The van der Waals surface area contributed by atoms with Crippen LogP contribution in [0.3, 0.4) is 0 Å². The third-order valence-electron chi connectivity index (χ3n) is 6.14. The van der Waals surface area contributed by atoms with Gasteiger partial charge in [-0.15, -0.1) is 0 Å². The number of rotatable bonds is 5. The minimum absolute atomic E-state index is 0.0367. The molecule has 36 heavy (non-hydrogen) atoms. The number of aromatic carboxylic acids is 1. The van der Waals surface area contributed by atoms with E-state index in [-0.39, 0.29) is 28.8 Å². The first-order chi connectivity index (χ1) is 17.3. The number of benzene rings is 1. The van der Waals surface area contributed by atoms with Gasteiger partial charge in [0.15, 0.2) is 5.82 Å². The van der Waals surface area contributed by atoms with Gasteiger partial charge in [-0.1, -0.05) is 18.2 Å². The standard InChI is InChI=1S/C27H22N6O3/c1-15(2)32-10-9-29-25(32)22-5-4-6-23(31-22)33-14-18-8-7-17(12-19(18)26(33)34)24-21(13-28)20(27(35)36)11-16(3)30-24/h4-12,15H,14H2,1-3H3,(H,35,36). The number of carbonyl (C=O) groups excluding carboxylic acids is 1. The predicted molar refractivity (Wildman–Crippen MR) is 132 cm³/mol. The number of carboxylic acids is 1. The molecule has 0 saturated heterocycles. The lowest BCUT2D eigenvalue weighted by Crippen LogP contribution is -2.24. The fourth-order valence-corrected chi connectivity index (χ4v) is 4.42. The second-order valence-corrected chi connectivity index (χ2v) is 8.85. The van der Waals surface area contributed by atoms with E-state index in [2.05, 4.69) is 23.8 Å². The molecule has 178 valence electrons. The van der Waals surface area contributed by atoms with Gasteiger partial charge in [-0.25, -0.2) is 14.8 Å². The summed E-state index contributed by atoms with van der Waals surface area (Å²) in [5, 5.41) is 19.2. The molecule has 0 radical (unpaired) electrons. The highest BCUT2D eigenvalue weighted by molar-refractivity contribution is 6.10. The molecule has 1 amide bonds. The van der Waals surface area contributed by atoms with E-state index >= 15 is 0 Å². The fraction of sp³-hybridized carbons (Fsp3) is 0.185. The van der Waals surface area contributed by atoms with E-state index in [1.807, 2.05) is 35.0 Å². The number of carboxylic acid groups (broad SMARTS) is 1. The van der Waals surface area contributed by atoms with Gasteiger partial charge < -0.3 is 9.67 Å². The average molecular weight is 479 g/mol. The molecule has 0 unspecified atom stereocenters. The number of amides is 1. The third kappa shape index (κ3) is 3.79. The zero-order valence-corrected chi connectivity index (χ0v) is 19.9. The van der Waals surface area contributed by atoms with Gasteiger partial charge in [-0.3, -0.25) is 14.7 Å². The molecule has 0 fully saturated rings. The van der Waals surface area contributed by atoms with Crippen molar-refractivity contribution in [3.8, 4) is 28.8 Å². The number of pyridine rings is 2. The molecule has 0 saturated carbocycles. The maximum atomic E-state index is 13.4. The highest BCUT2D eigenvalue weighted by Crippen LogP contribution is 2.33. The van der Waals surface area contributed by atoms with Gasteiger partial charge in [0.25, 0.3) is 5.91 Å². The summed E-state index contributed by atoms with van der Waals surface area (Å²) in [4.78, 5) is 40.3. The summed E-state index contributed by atoms with van der Waals surface area (Å²) < 4.78 is 2.02. The Bertz CT molecular complexity index is 1580. The van der Waals surface area contributed by atoms with Crippen molar-refractivity contribution in [3.63, 3.8) is 0 Å². The van der Waals surface area contributed by atoms with Crippen molar-refractivity contribution in [2.24, 2.45) is 0 Å². The smallest absolute Gasteiger partial charge is 0.337 e. The molecule has 1 N–H and O–H groups in total. The average Bonchev–Trinajstić information content (AvgIpc) is 3.49. The fourth-order valence-electron chi connectivity index (χ4n) is 4.42. The summed E-state index contributed by atoms with van der Waals surface area (Å²) in [5.41, 5.74) is 3.00. The molecule has 1 aliphatic heterocycles. The van der Waals surface area contributed by atoms with E-state index in [4.69, 9.17) is 4.98 Å². The van der Waals surface area contributed by atoms with Crippen molar-refractivity contribution >= 4 is 17.7 Å². The Hall–Kier alpha value is -4.84. The van der Waals surface area contributed by atoms with Gasteiger partial charge in [-0.2, -0.15) is 5.26 Å². The van der Waals surface area contributed by atoms with Crippen molar-refractivity contribution in [3.05, 3.63) is 82.8 Å². The Balaban J connectivity index is 1.52. The molecule has 3 aromatic heterocycles. The lowest BCUT2D eigenvalue weighted by Gasteiger charge is -2.16. The van der Waals surface area contributed by atoms with Crippen LogP contribution in [0, 0.1) is 18.3 Å². The summed E-state index contributed by atoms with van der Waals surface area (Å²) in [5.74, 6) is -0.200. The second kappa shape index (κ2) is 8.74. The Kier molecular flexibility index (Phi) is 5.57. The van der Waals surface area contributed by atoms with E-state index in [1.54, 1.807) is 36.2 Å². The number of anilines is 1. The molecule has 0 spiro atoms. The third-order valence-corrected chi connectivity index (χ3v) is 6.14. The zero-order chi connectivity index (χ0) is 25.6. The topological polar surface area (TPSA) is 125 Å². The van der Waals surface area contributed by atoms with E-state index in [9.17, 15) is 20.0 Å². The summed E-state index contributed by atoms with van der Waals surface area (Å²) in [7, 11) is 0. The summed E-state index contributed by atoms with van der Waals surface area (Å²) in [6, 6.07) is 14.3. The first-order valence-electron chi connectivity index (χ1n) is 11.4. The zero-order valence-electron chi connectivity index (χ0n) is 19.9. The van der Waals surface area contributed by atoms with Gasteiger partial charge in [0.2, 0.25) is 0 Å². The van der Waals surface area contributed by atoms with Crippen molar-refractivity contribution in [1.82, 2.24) is 19.5 Å². The largest absolute Gasteiger partial charge is 0.478 e. The van der Waals surface area contributed by atoms with Crippen LogP contribution in [0.2, 0.25) is 0 Å². The summed E-state index contributed by atoms with van der Waals surface area (Å²) in [6.07, 6.45) is 3.63. The van der Waals surface area contributed by atoms with Crippen molar-refractivity contribution in [2.75, 3.05) is 4.90 Å². The Labute approximate surface area is 207 Å². The van der Waals surface area contributed by atoms with Gasteiger partial charge >= 0.3 is 5.97 Å². The Morgan fingerprint density at radius 3 is 2.69 bits per heavy atom. The van der Waals surface area contributed by atoms with Crippen molar-refractivity contribution in [1.29, 1.82) is 5.26 Å². The van der Waals surface area contributed by atoms with Crippen LogP contribution in [0.15, 0.2) is 54.9 Å². The van der Waals surface area contributed by atoms with Crippen LogP contribution in [0.25, 0.3) is 22.8 Å². The predicted octanol–water partition coefficient (Wildman–Crippen LogP) is 4.63. The maximum absolute atomic E-state index is 13.4. The molecule has 5 rings (SSSR count). The molecule has 9 heteroatoms. The molecule has 4 aromatic rings. The molecular formula is C27H22N6O3. The first-order valence-corrected chi connectivity index (χ1v) is 11.4. The highest BCUT2D eigenvalue weighted by atomic mass is 16.4. The second-order valence-electron chi connectivity index (χ2n) is 8.85. The molecular weight excluding hydrogens is 456 g/mol. The normalized spacial score (nSPS) is 12.6. The molecule has 0 atom stereocenters. The number of nitrogens with zero attached hydrogens (tertiary/aromatic N) is 6. The maximum Gasteiger partial charge on any atom is 0.337 e. The number of imidazole rings is 1. The van der Waals surface area contributed by atoms with E-state index in [0.717, 1.165) is 11.4 Å². The quantitative estimate of drug-likeness (QED) is 0.443. The lowest BCUT2D eigenvalue weighted by atomic mass is 9.98. The van der Waals surface area contributed by atoms with Crippen LogP contribution in [-0.2, 0) is 6.54 Å². The number of hydrogen-bond donors (Lipinski definition) is 1. The van der Waals surface area contributed by atoms with Crippen LogP contribution in [-0.4, -0.2) is 36.5 Å². The molecule has 1 aliphatic rings. The number of aryl methyl sites for hydroxylation is 1. The molecule has 4 heterocycles. The van der Waals surface area contributed by atoms with Crippen LogP contribution in [0.4, 0.5) is 5.82 Å². The van der Waals surface area contributed by atoms with Crippen LogP contribution in [0.5, 0.6) is 0 Å². The lowest BCUT2D eigenvalue weighted by molar-refractivity contribution is 0.0696. The summed E-state index contributed by atoms with van der Waals surface area (Å²) in [6.45, 7) is 6.14. The number of hydrogen-bond acceptors (Lipinski definition) is 6. The van der Waals surface area contributed by atoms with Crippen molar-refractivity contribution in [2.45, 2.75) is 33.4 Å². The minimum atomic E-state index is -1.20. The molecule has 9 nitrogen and oxygen atoms in total. The molecule has 1 aromatic carbocycles. The van der Waals surface area contributed by atoms with E-state index < -0.39 is 5.97 Å². The Morgan fingerprint density at radius 2 is 1.97 bits per heavy atom. The highest BCUT2D eigenvalue weighted by Gasteiger charge is 2.31. The SMILES string of the molecule is Cc1cc(C(=O)O)c(C#N)c(-c2ccc3c(c2)C(=O)N(c2cccc(-c4nccn4C(C)C)n2)C3)n1. The van der Waals surface area contributed by atoms with Crippen LogP contribution >= 0.6 is 0 Å². The van der Waals surface area contributed by atoms with Gasteiger partial charge in [0.05, 0.1) is 23.4 Å².